The maximum absolute atomic E-state index is 12.5. The topological polar surface area (TPSA) is 62.3 Å². The summed E-state index contributed by atoms with van der Waals surface area (Å²) < 4.78 is 0. The second-order valence-electron chi connectivity index (χ2n) is 5.57. The van der Waals surface area contributed by atoms with Crippen LogP contribution in [-0.4, -0.2) is 33.8 Å². The summed E-state index contributed by atoms with van der Waals surface area (Å²) in [5.74, 6) is 0.382. The van der Waals surface area contributed by atoms with Crippen LogP contribution in [0.5, 0.6) is 0 Å². The molecule has 0 bridgehead atoms. The van der Waals surface area contributed by atoms with E-state index in [0.717, 1.165) is 18.4 Å². The van der Waals surface area contributed by atoms with E-state index in [1.807, 2.05) is 19.1 Å². The molecule has 1 aliphatic heterocycles. The van der Waals surface area contributed by atoms with Gasteiger partial charge in [0.2, 0.25) is 11.8 Å². The van der Waals surface area contributed by atoms with Crippen molar-refractivity contribution in [3.8, 4) is 0 Å². The number of aromatic nitrogens is 1. The number of nitrogens with zero attached hydrogens (tertiary/aromatic N) is 2. The zero-order valence-electron chi connectivity index (χ0n) is 11.6. The molecule has 1 aromatic rings. The molecule has 2 atom stereocenters. The van der Waals surface area contributed by atoms with E-state index in [0.29, 0.717) is 18.9 Å². The van der Waals surface area contributed by atoms with Gasteiger partial charge in [0.05, 0.1) is 0 Å². The Hall–Kier alpha value is -1.91. The average molecular weight is 273 g/mol. The molecular weight excluding hydrogens is 254 g/mol. The number of carbonyl (C=O) groups is 2. The second kappa shape index (κ2) is 5.23. The normalized spacial score (nSPS) is 26.6. The molecule has 1 saturated heterocycles. The maximum Gasteiger partial charge on any atom is 0.246 e. The fraction of sp³-hybridized carbons (Fsp3) is 0.533. The van der Waals surface area contributed by atoms with Crippen LogP contribution in [0.25, 0.3) is 0 Å². The van der Waals surface area contributed by atoms with Gasteiger partial charge in [-0.25, -0.2) is 0 Å². The molecule has 2 fully saturated rings. The van der Waals surface area contributed by atoms with Crippen molar-refractivity contribution in [1.29, 1.82) is 0 Å². The van der Waals surface area contributed by atoms with E-state index < -0.39 is 0 Å². The van der Waals surface area contributed by atoms with Crippen molar-refractivity contribution in [3.05, 3.63) is 30.1 Å². The van der Waals surface area contributed by atoms with Crippen LogP contribution in [0.1, 0.15) is 31.7 Å². The number of rotatable bonds is 4. The summed E-state index contributed by atoms with van der Waals surface area (Å²) in [7, 11) is 0. The summed E-state index contributed by atoms with van der Waals surface area (Å²) in [6.07, 6.45) is 6.14. The third-order valence-electron chi connectivity index (χ3n) is 4.08. The molecule has 1 saturated carbocycles. The molecule has 2 unspecified atom stereocenters. The van der Waals surface area contributed by atoms with Crippen molar-refractivity contribution in [2.75, 3.05) is 0 Å². The number of carbonyl (C=O) groups excluding carboxylic acids is 2. The van der Waals surface area contributed by atoms with E-state index in [4.69, 9.17) is 0 Å². The SMILES string of the molecule is CCC1NC(=O)C(C2CC2)N(Cc2ccncc2)C1=O. The second-order valence-corrected chi connectivity index (χ2v) is 5.57. The summed E-state index contributed by atoms with van der Waals surface area (Å²) in [4.78, 5) is 30.6. The molecule has 106 valence electrons. The minimum absolute atomic E-state index is 0.00741. The summed E-state index contributed by atoms with van der Waals surface area (Å²) in [6.45, 7) is 2.41. The van der Waals surface area contributed by atoms with Gasteiger partial charge in [-0.05, 0) is 42.9 Å². The molecule has 0 aromatic carbocycles. The van der Waals surface area contributed by atoms with Crippen molar-refractivity contribution in [2.24, 2.45) is 5.92 Å². The third kappa shape index (κ3) is 2.40. The van der Waals surface area contributed by atoms with Gasteiger partial charge in [-0.1, -0.05) is 6.92 Å². The number of hydrogen-bond donors (Lipinski definition) is 1. The number of amides is 2. The highest BCUT2D eigenvalue weighted by molar-refractivity contribution is 5.97. The van der Waals surface area contributed by atoms with Crippen LogP contribution in [-0.2, 0) is 16.1 Å². The van der Waals surface area contributed by atoms with E-state index in [2.05, 4.69) is 10.3 Å². The molecule has 20 heavy (non-hydrogen) atoms. The van der Waals surface area contributed by atoms with Gasteiger partial charge in [-0.15, -0.1) is 0 Å². The lowest BCUT2D eigenvalue weighted by Gasteiger charge is -2.39. The highest BCUT2D eigenvalue weighted by Crippen LogP contribution is 2.37. The predicted molar refractivity (Wildman–Crippen MR) is 73.5 cm³/mol. The highest BCUT2D eigenvalue weighted by Gasteiger charge is 2.47. The number of pyridine rings is 1. The molecule has 1 aliphatic carbocycles. The first-order chi connectivity index (χ1) is 9.70. The smallest absolute Gasteiger partial charge is 0.246 e. The largest absolute Gasteiger partial charge is 0.343 e. The first-order valence-corrected chi connectivity index (χ1v) is 7.20. The zero-order chi connectivity index (χ0) is 14.1. The average Bonchev–Trinajstić information content (AvgIpc) is 3.28. The van der Waals surface area contributed by atoms with Crippen molar-refractivity contribution in [2.45, 2.75) is 44.8 Å². The number of piperazine rings is 1. The molecule has 3 rings (SSSR count). The lowest BCUT2D eigenvalue weighted by atomic mass is 10.0. The molecule has 2 amide bonds. The van der Waals surface area contributed by atoms with Crippen LogP contribution < -0.4 is 5.32 Å². The Morgan fingerprint density at radius 3 is 2.60 bits per heavy atom. The molecule has 5 heteroatoms. The van der Waals surface area contributed by atoms with Crippen LogP contribution in [0, 0.1) is 5.92 Å². The Morgan fingerprint density at radius 1 is 1.30 bits per heavy atom. The van der Waals surface area contributed by atoms with Gasteiger partial charge in [-0.2, -0.15) is 0 Å². The van der Waals surface area contributed by atoms with Crippen molar-refractivity contribution in [1.82, 2.24) is 15.2 Å². The van der Waals surface area contributed by atoms with Crippen LogP contribution >= 0.6 is 0 Å². The molecule has 0 spiro atoms. The highest BCUT2D eigenvalue weighted by atomic mass is 16.2. The number of hydrogen-bond acceptors (Lipinski definition) is 3. The Kier molecular flexibility index (Phi) is 3.42. The minimum Gasteiger partial charge on any atom is -0.343 e. The zero-order valence-corrected chi connectivity index (χ0v) is 11.6. The quantitative estimate of drug-likeness (QED) is 0.893. The monoisotopic (exact) mass is 273 g/mol. The van der Waals surface area contributed by atoms with Crippen LogP contribution in [0.3, 0.4) is 0 Å². The molecule has 0 radical (unpaired) electrons. The van der Waals surface area contributed by atoms with Gasteiger partial charge in [0, 0.05) is 18.9 Å². The van der Waals surface area contributed by atoms with E-state index in [-0.39, 0.29) is 23.9 Å². The standard InChI is InChI=1S/C15H19N3O2/c1-2-12-15(20)18(9-10-5-7-16-8-6-10)13(11-3-4-11)14(19)17-12/h5-8,11-13H,2-4,9H2,1H3,(H,17,19). The van der Waals surface area contributed by atoms with Crippen LogP contribution in [0.2, 0.25) is 0 Å². The van der Waals surface area contributed by atoms with Gasteiger partial charge < -0.3 is 10.2 Å². The van der Waals surface area contributed by atoms with E-state index in [1.54, 1.807) is 17.3 Å². The van der Waals surface area contributed by atoms with Crippen molar-refractivity contribution < 1.29 is 9.59 Å². The first-order valence-electron chi connectivity index (χ1n) is 7.20. The van der Waals surface area contributed by atoms with Gasteiger partial charge in [0.1, 0.15) is 12.1 Å². The lowest BCUT2D eigenvalue weighted by molar-refractivity contribution is -0.151. The summed E-state index contributed by atoms with van der Waals surface area (Å²) in [5, 5.41) is 2.86. The molecule has 5 nitrogen and oxygen atoms in total. The predicted octanol–water partition coefficient (Wildman–Crippen LogP) is 1.10. The molecule has 2 heterocycles. The molecule has 2 aliphatic rings. The van der Waals surface area contributed by atoms with Crippen molar-refractivity contribution in [3.63, 3.8) is 0 Å². The van der Waals surface area contributed by atoms with Gasteiger partial charge in [0.15, 0.2) is 0 Å². The minimum atomic E-state index is -0.376. The third-order valence-corrected chi connectivity index (χ3v) is 4.08. The first kappa shape index (κ1) is 13.1. The molecule has 1 N–H and O–H groups in total. The fourth-order valence-corrected chi connectivity index (χ4v) is 2.82. The Balaban J connectivity index is 1.85. The van der Waals surface area contributed by atoms with Gasteiger partial charge >= 0.3 is 0 Å². The van der Waals surface area contributed by atoms with Crippen molar-refractivity contribution >= 4 is 11.8 Å². The van der Waals surface area contributed by atoms with Gasteiger partial charge in [-0.3, -0.25) is 14.6 Å². The Bertz CT molecular complexity index is 513. The fourth-order valence-electron chi connectivity index (χ4n) is 2.82. The lowest BCUT2D eigenvalue weighted by Crippen LogP contribution is -2.63. The van der Waals surface area contributed by atoms with Crippen LogP contribution in [0.15, 0.2) is 24.5 Å². The maximum atomic E-state index is 12.5. The Morgan fingerprint density at radius 2 is 2.00 bits per heavy atom. The summed E-state index contributed by atoms with van der Waals surface area (Å²) in [6, 6.07) is 3.12. The van der Waals surface area contributed by atoms with Gasteiger partial charge in [0.25, 0.3) is 0 Å². The van der Waals surface area contributed by atoms with E-state index in [1.165, 1.54) is 0 Å². The Labute approximate surface area is 118 Å². The van der Waals surface area contributed by atoms with E-state index >= 15 is 0 Å². The summed E-state index contributed by atoms with van der Waals surface area (Å²) >= 11 is 0. The molecule has 1 aromatic heterocycles. The van der Waals surface area contributed by atoms with Crippen LogP contribution in [0.4, 0.5) is 0 Å². The summed E-state index contributed by atoms with van der Waals surface area (Å²) in [5.41, 5.74) is 1.02. The molecular formula is C15H19N3O2. The number of nitrogens with one attached hydrogen (secondary N) is 1. The van der Waals surface area contributed by atoms with E-state index in [9.17, 15) is 9.59 Å².